The van der Waals surface area contributed by atoms with E-state index in [2.05, 4.69) is 12.1 Å². The van der Waals surface area contributed by atoms with Gasteiger partial charge in [-0.1, -0.05) is 31.4 Å². The van der Waals surface area contributed by atoms with Crippen molar-refractivity contribution in [2.45, 2.75) is 57.5 Å². The minimum Gasteiger partial charge on any atom is -0.321 e. The van der Waals surface area contributed by atoms with Crippen molar-refractivity contribution in [2.75, 3.05) is 0 Å². The van der Waals surface area contributed by atoms with Crippen LogP contribution in [0.2, 0.25) is 0 Å². The van der Waals surface area contributed by atoms with Gasteiger partial charge in [0.2, 0.25) is 0 Å². The summed E-state index contributed by atoms with van der Waals surface area (Å²) in [7, 11) is 0. The first kappa shape index (κ1) is 15.1. The van der Waals surface area contributed by atoms with Crippen LogP contribution < -0.4 is 11.4 Å². The van der Waals surface area contributed by atoms with E-state index in [-0.39, 0.29) is 17.3 Å². The molecule has 0 spiro atoms. The number of hydrogen-bond donors (Lipinski definition) is 1. The summed E-state index contributed by atoms with van der Waals surface area (Å²) in [6, 6.07) is 8.32. The average Bonchev–Trinajstić information content (AvgIpc) is 2.90. The van der Waals surface area contributed by atoms with E-state index in [1.165, 1.54) is 19.3 Å². The van der Waals surface area contributed by atoms with Gasteiger partial charge in [0.1, 0.15) is 0 Å². The maximum Gasteiger partial charge on any atom is 0.332 e. The first-order chi connectivity index (χ1) is 10.5. The number of nitrogens with zero attached hydrogens (tertiary/aromatic N) is 2. The van der Waals surface area contributed by atoms with Crippen molar-refractivity contribution in [3.05, 3.63) is 52.7 Å². The zero-order valence-electron chi connectivity index (χ0n) is 13.5. The van der Waals surface area contributed by atoms with Gasteiger partial charge in [-0.2, -0.15) is 0 Å². The molecule has 2 N–H and O–H groups in total. The van der Waals surface area contributed by atoms with Crippen LogP contribution >= 0.6 is 0 Å². The Hall–Kier alpha value is -1.81. The molecule has 1 aliphatic rings. The summed E-state index contributed by atoms with van der Waals surface area (Å²) >= 11 is 0. The van der Waals surface area contributed by atoms with Crippen molar-refractivity contribution >= 4 is 0 Å². The summed E-state index contributed by atoms with van der Waals surface area (Å²) in [6.45, 7) is 4.03. The van der Waals surface area contributed by atoms with Gasteiger partial charge in [-0.05, 0) is 44.4 Å². The predicted octanol–water partition coefficient (Wildman–Crippen LogP) is 3.34. The van der Waals surface area contributed by atoms with Crippen LogP contribution in [0.4, 0.5) is 0 Å². The Kier molecular flexibility index (Phi) is 3.96. The smallest absolute Gasteiger partial charge is 0.321 e. The fourth-order valence-corrected chi connectivity index (χ4v) is 3.42. The number of aromatic nitrogens is 2. The van der Waals surface area contributed by atoms with Gasteiger partial charge in [-0.15, -0.1) is 0 Å². The Labute approximate surface area is 131 Å². The molecule has 118 valence electrons. The van der Waals surface area contributed by atoms with E-state index in [1.54, 1.807) is 9.13 Å². The molecule has 1 aromatic carbocycles. The van der Waals surface area contributed by atoms with E-state index in [4.69, 9.17) is 5.73 Å². The van der Waals surface area contributed by atoms with Crippen molar-refractivity contribution in [3.63, 3.8) is 0 Å². The highest BCUT2D eigenvalue weighted by Gasteiger charge is 2.29. The molecule has 0 saturated heterocycles. The zero-order chi connectivity index (χ0) is 15.7. The van der Waals surface area contributed by atoms with Crippen LogP contribution in [0.3, 0.4) is 0 Å². The minimum absolute atomic E-state index is 0.00173. The number of nitrogens with two attached hydrogens (primary N) is 1. The van der Waals surface area contributed by atoms with Gasteiger partial charge in [-0.25, -0.2) is 4.79 Å². The highest BCUT2D eigenvalue weighted by Crippen LogP contribution is 2.35. The highest BCUT2D eigenvalue weighted by atomic mass is 16.1. The van der Waals surface area contributed by atoms with Crippen molar-refractivity contribution < 1.29 is 0 Å². The molecular weight excluding hydrogens is 274 g/mol. The summed E-state index contributed by atoms with van der Waals surface area (Å²) in [5, 5.41) is 0. The maximum atomic E-state index is 12.5. The molecule has 0 unspecified atom stereocenters. The second kappa shape index (κ2) is 5.76. The lowest BCUT2D eigenvalue weighted by Gasteiger charge is -2.34. The molecule has 0 radical (unpaired) electrons. The van der Waals surface area contributed by atoms with Crippen LogP contribution in [0.15, 0.2) is 41.5 Å². The molecule has 1 saturated carbocycles. The lowest BCUT2D eigenvalue weighted by molar-refractivity contribution is 0.302. The predicted molar refractivity (Wildman–Crippen MR) is 89.4 cm³/mol. The second-order valence-corrected chi connectivity index (χ2v) is 6.72. The third kappa shape index (κ3) is 2.63. The van der Waals surface area contributed by atoms with Crippen molar-refractivity contribution in [2.24, 2.45) is 5.73 Å². The Bertz CT molecular complexity index is 705. The van der Waals surface area contributed by atoms with Crippen LogP contribution in [0.1, 0.15) is 57.6 Å². The van der Waals surface area contributed by atoms with Crippen LogP contribution in [0.5, 0.6) is 0 Å². The summed E-state index contributed by atoms with van der Waals surface area (Å²) in [5.74, 6) is 0. The van der Waals surface area contributed by atoms with Crippen molar-refractivity contribution in [1.82, 2.24) is 9.13 Å². The SMILES string of the molecule is CC(C)n1ccn(-c2cccc(C3(N)CCCCC3)c2)c1=O. The highest BCUT2D eigenvalue weighted by molar-refractivity contribution is 5.39. The van der Waals surface area contributed by atoms with Crippen LogP contribution in [0.25, 0.3) is 5.69 Å². The second-order valence-electron chi connectivity index (χ2n) is 6.72. The molecule has 1 aromatic heterocycles. The summed E-state index contributed by atoms with van der Waals surface area (Å²) in [5.41, 5.74) is 8.44. The van der Waals surface area contributed by atoms with E-state index >= 15 is 0 Å². The Morgan fingerprint density at radius 1 is 1.14 bits per heavy atom. The molecule has 1 aliphatic carbocycles. The zero-order valence-corrected chi connectivity index (χ0v) is 13.5. The fraction of sp³-hybridized carbons (Fsp3) is 0.500. The third-order valence-electron chi connectivity index (χ3n) is 4.80. The van der Waals surface area contributed by atoms with Gasteiger partial charge < -0.3 is 5.73 Å². The summed E-state index contributed by atoms with van der Waals surface area (Å²) in [4.78, 5) is 12.5. The van der Waals surface area contributed by atoms with Gasteiger partial charge in [-0.3, -0.25) is 9.13 Å². The molecule has 0 atom stereocenters. The normalized spacial score (nSPS) is 17.8. The first-order valence-electron chi connectivity index (χ1n) is 8.20. The molecule has 1 fully saturated rings. The molecule has 1 heterocycles. The van der Waals surface area contributed by atoms with Gasteiger partial charge in [0.25, 0.3) is 0 Å². The third-order valence-corrected chi connectivity index (χ3v) is 4.80. The molecule has 22 heavy (non-hydrogen) atoms. The van der Waals surface area contributed by atoms with Crippen molar-refractivity contribution in [3.8, 4) is 5.69 Å². The first-order valence-corrected chi connectivity index (χ1v) is 8.20. The molecule has 2 aromatic rings. The molecule has 0 bridgehead atoms. The van der Waals surface area contributed by atoms with Crippen LogP contribution in [-0.2, 0) is 5.54 Å². The number of imidazole rings is 1. The van der Waals surface area contributed by atoms with Crippen LogP contribution in [-0.4, -0.2) is 9.13 Å². The van der Waals surface area contributed by atoms with E-state index in [9.17, 15) is 4.79 Å². The van der Waals surface area contributed by atoms with E-state index in [1.807, 2.05) is 38.4 Å². The lowest BCUT2D eigenvalue weighted by atomic mass is 9.77. The molecule has 3 rings (SSSR count). The van der Waals surface area contributed by atoms with E-state index in [0.29, 0.717) is 0 Å². The lowest BCUT2D eigenvalue weighted by Crippen LogP contribution is -2.38. The van der Waals surface area contributed by atoms with Crippen LogP contribution in [0, 0.1) is 0 Å². The molecular formula is C18H25N3O. The van der Waals surface area contributed by atoms with Gasteiger partial charge in [0.05, 0.1) is 5.69 Å². The topological polar surface area (TPSA) is 52.9 Å². The van der Waals surface area contributed by atoms with E-state index < -0.39 is 0 Å². The molecule has 4 nitrogen and oxygen atoms in total. The Balaban J connectivity index is 2.00. The maximum absolute atomic E-state index is 12.5. The number of benzene rings is 1. The van der Waals surface area contributed by atoms with Crippen molar-refractivity contribution in [1.29, 1.82) is 0 Å². The monoisotopic (exact) mass is 299 g/mol. The quantitative estimate of drug-likeness (QED) is 0.945. The average molecular weight is 299 g/mol. The molecule has 0 amide bonds. The summed E-state index contributed by atoms with van der Waals surface area (Å²) in [6.07, 6.45) is 9.38. The van der Waals surface area contributed by atoms with Gasteiger partial charge in [0, 0.05) is 24.0 Å². The Morgan fingerprint density at radius 2 is 1.86 bits per heavy atom. The van der Waals surface area contributed by atoms with Gasteiger partial charge >= 0.3 is 5.69 Å². The fourth-order valence-electron chi connectivity index (χ4n) is 3.42. The Morgan fingerprint density at radius 3 is 2.50 bits per heavy atom. The number of hydrogen-bond acceptors (Lipinski definition) is 2. The minimum atomic E-state index is -0.238. The number of rotatable bonds is 3. The molecule has 0 aliphatic heterocycles. The summed E-state index contributed by atoms with van der Waals surface area (Å²) < 4.78 is 3.45. The van der Waals surface area contributed by atoms with E-state index in [0.717, 1.165) is 24.1 Å². The molecule has 4 heteroatoms. The largest absolute Gasteiger partial charge is 0.332 e. The standard InChI is InChI=1S/C18H25N3O/c1-14(2)20-11-12-21(17(20)22)16-8-6-7-15(13-16)18(19)9-4-3-5-10-18/h6-8,11-14H,3-5,9-10,19H2,1-2H3. The van der Waals surface area contributed by atoms with Gasteiger partial charge in [0.15, 0.2) is 0 Å².